The lowest BCUT2D eigenvalue weighted by Gasteiger charge is -2.25. The Hall–Kier alpha value is -0.570. The normalized spacial score (nSPS) is 12.5. The van der Waals surface area contributed by atoms with E-state index in [1.54, 1.807) is 0 Å². The first-order valence-electron chi connectivity index (χ1n) is 6.71. The highest BCUT2D eigenvalue weighted by Gasteiger charge is 2.19. The maximum absolute atomic E-state index is 12.0. The number of hydrogen-bond donors (Lipinski definition) is 1. The van der Waals surface area contributed by atoms with Crippen molar-refractivity contribution in [1.82, 2.24) is 4.90 Å². The van der Waals surface area contributed by atoms with Crippen molar-refractivity contribution in [3.63, 3.8) is 0 Å². The molecular formula is C13H28N2O. The van der Waals surface area contributed by atoms with Crippen molar-refractivity contribution < 1.29 is 4.79 Å². The van der Waals surface area contributed by atoms with Crippen molar-refractivity contribution in [3.05, 3.63) is 0 Å². The zero-order valence-corrected chi connectivity index (χ0v) is 11.2. The van der Waals surface area contributed by atoms with Crippen LogP contribution in [0.4, 0.5) is 0 Å². The van der Waals surface area contributed by atoms with Crippen LogP contribution in [0.2, 0.25) is 0 Å². The van der Waals surface area contributed by atoms with Gasteiger partial charge in [0.15, 0.2) is 0 Å². The molecule has 16 heavy (non-hydrogen) atoms. The largest absolute Gasteiger partial charge is 0.341 e. The van der Waals surface area contributed by atoms with Gasteiger partial charge < -0.3 is 10.6 Å². The molecule has 1 atom stereocenters. The maximum atomic E-state index is 12.0. The van der Waals surface area contributed by atoms with E-state index in [1.165, 1.54) is 0 Å². The highest BCUT2D eigenvalue weighted by atomic mass is 16.2. The summed E-state index contributed by atoms with van der Waals surface area (Å²) in [6, 6.07) is -0.293. The van der Waals surface area contributed by atoms with Crippen molar-refractivity contribution in [3.8, 4) is 0 Å². The van der Waals surface area contributed by atoms with Gasteiger partial charge in [0.05, 0.1) is 6.04 Å². The van der Waals surface area contributed by atoms with Gasteiger partial charge in [0.2, 0.25) is 5.91 Å². The molecule has 3 nitrogen and oxygen atoms in total. The maximum Gasteiger partial charge on any atom is 0.239 e. The van der Waals surface area contributed by atoms with Crippen LogP contribution in [0.5, 0.6) is 0 Å². The fourth-order valence-corrected chi connectivity index (χ4v) is 1.70. The van der Waals surface area contributed by atoms with Crippen LogP contribution in [0.15, 0.2) is 0 Å². The molecule has 1 amide bonds. The molecule has 0 saturated heterocycles. The van der Waals surface area contributed by atoms with Gasteiger partial charge in [-0.3, -0.25) is 4.79 Å². The van der Waals surface area contributed by atoms with E-state index >= 15 is 0 Å². The summed E-state index contributed by atoms with van der Waals surface area (Å²) in [7, 11) is 0. The topological polar surface area (TPSA) is 46.3 Å². The van der Waals surface area contributed by atoms with Crippen LogP contribution in [0.3, 0.4) is 0 Å². The van der Waals surface area contributed by atoms with E-state index in [0.29, 0.717) is 0 Å². The van der Waals surface area contributed by atoms with Crippen LogP contribution in [0.1, 0.15) is 59.3 Å². The minimum atomic E-state index is -0.293. The van der Waals surface area contributed by atoms with Crippen molar-refractivity contribution in [2.75, 3.05) is 13.1 Å². The number of carbonyl (C=O) groups excluding carboxylic acids is 1. The van der Waals surface area contributed by atoms with Crippen molar-refractivity contribution in [1.29, 1.82) is 0 Å². The minimum Gasteiger partial charge on any atom is -0.341 e. The number of unbranched alkanes of at least 4 members (excludes halogenated alkanes) is 2. The van der Waals surface area contributed by atoms with Gasteiger partial charge >= 0.3 is 0 Å². The number of nitrogens with two attached hydrogens (primary N) is 1. The molecule has 0 saturated carbocycles. The first-order chi connectivity index (χ1) is 7.67. The second-order valence-electron chi connectivity index (χ2n) is 4.43. The quantitative estimate of drug-likeness (QED) is 0.659. The molecular weight excluding hydrogens is 200 g/mol. The molecule has 0 aliphatic carbocycles. The van der Waals surface area contributed by atoms with Crippen LogP contribution in [0.25, 0.3) is 0 Å². The Bertz CT molecular complexity index is 175. The van der Waals surface area contributed by atoms with Crippen LogP contribution < -0.4 is 5.73 Å². The summed E-state index contributed by atoms with van der Waals surface area (Å²) in [6.07, 6.45) is 6.18. The SMILES string of the molecule is CCCCN(CCCC)C(=O)[C@@H](N)CCC. The third kappa shape index (κ3) is 6.11. The summed E-state index contributed by atoms with van der Waals surface area (Å²) < 4.78 is 0. The summed E-state index contributed by atoms with van der Waals surface area (Å²) >= 11 is 0. The first-order valence-corrected chi connectivity index (χ1v) is 6.71. The van der Waals surface area contributed by atoms with E-state index in [-0.39, 0.29) is 11.9 Å². The van der Waals surface area contributed by atoms with Gasteiger partial charge in [-0.05, 0) is 19.3 Å². The van der Waals surface area contributed by atoms with E-state index in [1.807, 2.05) is 4.90 Å². The summed E-state index contributed by atoms with van der Waals surface area (Å²) in [5.74, 6) is 0.142. The van der Waals surface area contributed by atoms with E-state index in [9.17, 15) is 4.79 Å². The molecule has 0 aliphatic heterocycles. The lowest BCUT2D eigenvalue weighted by atomic mass is 10.1. The average Bonchev–Trinajstić information content (AvgIpc) is 2.29. The Kier molecular flexibility index (Phi) is 9.30. The van der Waals surface area contributed by atoms with Crippen LogP contribution in [-0.2, 0) is 4.79 Å². The predicted molar refractivity (Wildman–Crippen MR) is 69.3 cm³/mol. The predicted octanol–water partition coefficient (Wildman–Crippen LogP) is 2.54. The molecule has 0 rings (SSSR count). The molecule has 0 fully saturated rings. The van der Waals surface area contributed by atoms with Crippen molar-refractivity contribution in [2.24, 2.45) is 5.73 Å². The van der Waals surface area contributed by atoms with Gasteiger partial charge in [-0.1, -0.05) is 40.0 Å². The van der Waals surface area contributed by atoms with Crippen LogP contribution >= 0.6 is 0 Å². The first kappa shape index (κ1) is 15.4. The number of hydrogen-bond acceptors (Lipinski definition) is 2. The Morgan fingerprint density at radius 3 is 1.94 bits per heavy atom. The fraction of sp³-hybridized carbons (Fsp3) is 0.923. The molecule has 2 N–H and O–H groups in total. The summed E-state index contributed by atoms with van der Waals surface area (Å²) in [5, 5.41) is 0. The van der Waals surface area contributed by atoms with Gasteiger partial charge in [-0.15, -0.1) is 0 Å². The van der Waals surface area contributed by atoms with Gasteiger partial charge in [-0.25, -0.2) is 0 Å². The van der Waals surface area contributed by atoms with Crippen molar-refractivity contribution in [2.45, 2.75) is 65.3 Å². The van der Waals surface area contributed by atoms with Gasteiger partial charge in [0.1, 0.15) is 0 Å². The molecule has 0 aromatic rings. The molecule has 3 heteroatoms. The average molecular weight is 228 g/mol. The Morgan fingerprint density at radius 1 is 1.06 bits per heavy atom. The highest BCUT2D eigenvalue weighted by molar-refractivity contribution is 5.81. The number of amides is 1. The third-order valence-corrected chi connectivity index (χ3v) is 2.79. The van der Waals surface area contributed by atoms with Gasteiger partial charge in [-0.2, -0.15) is 0 Å². The Balaban J connectivity index is 4.18. The lowest BCUT2D eigenvalue weighted by Crippen LogP contribution is -2.44. The van der Waals surface area contributed by atoms with Gasteiger partial charge in [0, 0.05) is 13.1 Å². The molecule has 0 aromatic heterocycles. The molecule has 0 aromatic carbocycles. The summed E-state index contributed by atoms with van der Waals surface area (Å²) in [6.45, 7) is 8.10. The molecule has 96 valence electrons. The third-order valence-electron chi connectivity index (χ3n) is 2.79. The number of rotatable bonds is 9. The number of nitrogens with zero attached hydrogens (tertiary/aromatic N) is 1. The van der Waals surface area contributed by atoms with Crippen molar-refractivity contribution >= 4 is 5.91 Å². The minimum absolute atomic E-state index is 0.142. The molecule has 0 spiro atoms. The van der Waals surface area contributed by atoms with Crippen LogP contribution in [-0.4, -0.2) is 29.9 Å². The Morgan fingerprint density at radius 2 is 1.56 bits per heavy atom. The second kappa shape index (κ2) is 9.64. The van der Waals surface area contributed by atoms with E-state index < -0.39 is 0 Å². The Labute approximate surface area is 100 Å². The smallest absolute Gasteiger partial charge is 0.239 e. The van der Waals surface area contributed by atoms with E-state index in [4.69, 9.17) is 5.73 Å². The van der Waals surface area contributed by atoms with Crippen LogP contribution in [0, 0.1) is 0 Å². The lowest BCUT2D eigenvalue weighted by molar-refractivity contribution is -0.132. The number of carbonyl (C=O) groups is 1. The molecule has 0 bridgehead atoms. The standard InChI is InChI=1S/C13H28N2O/c1-4-7-10-15(11-8-5-2)13(16)12(14)9-6-3/h12H,4-11,14H2,1-3H3/t12-/m0/s1. The van der Waals surface area contributed by atoms with E-state index in [2.05, 4.69) is 20.8 Å². The zero-order valence-electron chi connectivity index (χ0n) is 11.2. The second-order valence-corrected chi connectivity index (χ2v) is 4.43. The zero-order chi connectivity index (χ0) is 12.4. The van der Waals surface area contributed by atoms with E-state index in [0.717, 1.165) is 51.6 Å². The summed E-state index contributed by atoms with van der Waals surface area (Å²) in [4.78, 5) is 14.0. The highest BCUT2D eigenvalue weighted by Crippen LogP contribution is 2.04. The fourth-order valence-electron chi connectivity index (χ4n) is 1.70. The molecule has 0 unspecified atom stereocenters. The monoisotopic (exact) mass is 228 g/mol. The molecule has 0 radical (unpaired) electrons. The molecule has 0 aliphatic rings. The van der Waals surface area contributed by atoms with Gasteiger partial charge in [0.25, 0.3) is 0 Å². The summed E-state index contributed by atoms with van der Waals surface area (Å²) in [5.41, 5.74) is 5.88. The molecule has 0 heterocycles.